The van der Waals surface area contributed by atoms with E-state index < -0.39 is 6.04 Å². The maximum absolute atomic E-state index is 13.3. The molecule has 0 aliphatic carbocycles. The van der Waals surface area contributed by atoms with Gasteiger partial charge in [-0.25, -0.2) is 4.39 Å². The molecule has 7 heteroatoms. The van der Waals surface area contributed by atoms with Gasteiger partial charge in [-0.15, -0.1) is 0 Å². The van der Waals surface area contributed by atoms with E-state index in [1.807, 2.05) is 26.0 Å². The van der Waals surface area contributed by atoms with Gasteiger partial charge in [0.05, 0.1) is 14.2 Å². The standard InChI is InChI=1S/C24H31FN2O4/c1-5-20(24(29)26-6-2)27(16-18-7-11-19(25)12-8-18)23(28)14-10-17-9-13-21(30-3)22(15-17)31-4/h7-9,11-13,15,20H,5-6,10,14,16H2,1-4H3,(H,26,29)/t20-/m0/s1. The van der Waals surface area contributed by atoms with Crippen molar-refractivity contribution in [1.82, 2.24) is 10.2 Å². The Labute approximate surface area is 183 Å². The highest BCUT2D eigenvalue weighted by Gasteiger charge is 2.28. The number of ether oxygens (including phenoxy) is 2. The molecule has 0 radical (unpaired) electrons. The van der Waals surface area contributed by atoms with Gasteiger partial charge >= 0.3 is 0 Å². The van der Waals surface area contributed by atoms with Crippen LogP contribution in [0, 0.1) is 5.82 Å². The fourth-order valence-corrected chi connectivity index (χ4v) is 3.43. The van der Waals surface area contributed by atoms with Crippen LogP contribution < -0.4 is 14.8 Å². The number of carbonyl (C=O) groups is 2. The fraction of sp³-hybridized carbons (Fsp3) is 0.417. The number of halogens is 1. The average Bonchev–Trinajstić information content (AvgIpc) is 2.78. The summed E-state index contributed by atoms with van der Waals surface area (Å²) in [6, 6.07) is 10.9. The van der Waals surface area contributed by atoms with Crippen LogP contribution in [0.15, 0.2) is 42.5 Å². The van der Waals surface area contributed by atoms with Crippen LogP contribution in [0.4, 0.5) is 4.39 Å². The van der Waals surface area contributed by atoms with E-state index >= 15 is 0 Å². The van der Waals surface area contributed by atoms with Crippen molar-refractivity contribution >= 4 is 11.8 Å². The van der Waals surface area contributed by atoms with E-state index in [9.17, 15) is 14.0 Å². The first-order chi connectivity index (χ1) is 14.9. The van der Waals surface area contributed by atoms with Crippen LogP contribution in [0.2, 0.25) is 0 Å². The van der Waals surface area contributed by atoms with Crippen LogP contribution in [0.3, 0.4) is 0 Å². The summed E-state index contributed by atoms with van der Waals surface area (Å²) in [5, 5.41) is 2.81. The Balaban J connectivity index is 2.20. The zero-order chi connectivity index (χ0) is 22.8. The topological polar surface area (TPSA) is 67.9 Å². The highest BCUT2D eigenvalue weighted by Crippen LogP contribution is 2.28. The Bertz CT molecular complexity index is 870. The number of nitrogens with one attached hydrogen (secondary N) is 1. The van der Waals surface area contributed by atoms with Gasteiger partial charge in [0.2, 0.25) is 11.8 Å². The molecule has 0 bridgehead atoms. The molecule has 2 rings (SSSR count). The van der Waals surface area contributed by atoms with E-state index in [-0.39, 0.29) is 30.6 Å². The lowest BCUT2D eigenvalue weighted by atomic mass is 10.1. The molecule has 0 aliphatic heterocycles. The zero-order valence-electron chi connectivity index (χ0n) is 18.6. The minimum absolute atomic E-state index is 0.141. The van der Waals surface area contributed by atoms with Gasteiger partial charge in [0.25, 0.3) is 0 Å². The number of likely N-dealkylation sites (N-methyl/N-ethyl adjacent to an activating group) is 1. The maximum atomic E-state index is 13.3. The smallest absolute Gasteiger partial charge is 0.242 e. The molecule has 2 aromatic rings. The van der Waals surface area contributed by atoms with E-state index in [4.69, 9.17) is 9.47 Å². The van der Waals surface area contributed by atoms with E-state index in [0.717, 1.165) is 11.1 Å². The molecule has 2 amide bonds. The van der Waals surface area contributed by atoms with Crippen molar-refractivity contribution in [2.24, 2.45) is 0 Å². The van der Waals surface area contributed by atoms with Crippen molar-refractivity contribution in [2.75, 3.05) is 20.8 Å². The lowest BCUT2D eigenvalue weighted by molar-refractivity contribution is -0.141. The Morgan fingerprint density at radius 2 is 1.65 bits per heavy atom. The summed E-state index contributed by atoms with van der Waals surface area (Å²) in [7, 11) is 3.13. The third-order valence-electron chi connectivity index (χ3n) is 5.08. The summed E-state index contributed by atoms with van der Waals surface area (Å²) in [5.74, 6) is 0.553. The Morgan fingerprint density at radius 1 is 1.00 bits per heavy atom. The number of benzene rings is 2. The third kappa shape index (κ3) is 6.70. The van der Waals surface area contributed by atoms with Crippen molar-refractivity contribution in [3.63, 3.8) is 0 Å². The number of aryl methyl sites for hydroxylation is 1. The van der Waals surface area contributed by atoms with Crippen molar-refractivity contribution in [2.45, 2.75) is 45.7 Å². The summed E-state index contributed by atoms with van der Waals surface area (Å²) < 4.78 is 23.9. The number of hydrogen-bond acceptors (Lipinski definition) is 4. The van der Waals surface area contributed by atoms with Gasteiger partial charge in [-0.05, 0) is 55.2 Å². The SMILES string of the molecule is CCNC(=O)[C@H](CC)N(Cc1ccc(F)cc1)C(=O)CCc1ccc(OC)c(OC)c1. The number of methoxy groups -OCH3 is 2. The number of rotatable bonds is 11. The van der Waals surface area contributed by atoms with E-state index in [1.165, 1.54) is 12.1 Å². The van der Waals surface area contributed by atoms with Crippen molar-refractivity contribution < 1.29 is 23.5 Å². The molecule has 1 N–H and O–H groups in total. The highest BCUT2D eigenvalue weighted by atomic mass is 19.1. The predicted molar refractivity (Wildman–Crippen MR) is 118 cm³/mol. The molecule has 0 spiro atoms. The lowest BCUT2D eigenvalue weighted by Crippen LogP contribution is -2.49. The normalized spacial score (nSPS) is 11.5. The van der Waals surface area contributed by atoms with E-state index in [2.05, 4.69) is 5.32 Å². The summed E-state index contributed by atoms with van der Waals surface area (Å²) >= 11 is 0. The predicted octanol–water partition coefficient (Wildman–Crippen LogP) is 3.72. The largest absolute Gasteiger partial charge is 0.493 e. The Kier molecular flexibility index (Phi) is 9.31. The van der Waals surface area contributed by atoms with Gasteiger partial charge < -0.3 is 19.7 Å². The van der Waals surface area contributed by atoms with Crippen LogP contribution in [0.1, 0.15) is 37.8 Å². The molecule has 0 saturated carbocycles. The molecule has 0 heterocycles. The quantitative estimate of drug-likeness (QED) is 0.590. The van der Waals surface area contributed by atoms with Crippen LogP contribution in [0.25, 0.3) is 0 Å². The highest BCUT2D eigenvalue weighted by molar-refractivity contribution is 5.87. The molecule has 1 atom stereocenters. The molecule has 0 aromatic heterocycles. The summed E-state index contributed by atoms with van der Waals surface area (Å²) in [5.41, 5.74) is 1.70. The van der Waals surface area contributed by atoms with E-state index in [0.29, 0.717) is 30.9 Å². The average molecular weight is 431 g/mol. The summed E-state index contributed by atoms with van der Waals surface area (Å²) in [4.78, 5) is 27.4. The number of carbonyl (C=O) groups excluding carboxylic acids is 2. The lowest BCUT2D eigenvalue weighted by Gasteiger charge is -2.30. The first kappa shape index (κ1) is 24.2. The van der Waals surface area contributed by atoms with Crippen LogP contribution in [-0.4, -0.2) is 43.5 Å². The summed E-state index contributed by atoms with van der Waals surface area (Å²) in [6.45, 7) is 4.44. The van der Waals surface area contributed by atoms with Crippen LogP contribution in [0.5, 0.6) is 11.5 Å². The molecule has 168 valence electrons. The van der Waals surface area contributed by atoms with Crippen LogP contribution >= 0.6 is 0 Å². The van der Waals surface area contributed by atoms with Gasteiger partial charge in [-0.1, -0.05) is 25.1 Å². The van der Waals surface area contributed by atoms with Gasteiger partial charge in [0, 0.05) is 19.5 Å². The third-order valence-corrected chi connectivity index (χ3v) is 5.08. The van der Waals surface area contributed by atoms with Crippen molar-refractivity contribution in [1.29, 1.82) is 0 Å². The van der Waals surface area contributed by atoms with Crippen LogP contribution in [-0.2, 0) is 22.6 Å². The summed E-state index contributed by atoms with van der Waals surface area (Å²) in [6.07, 6.45) is 1.20. The minimum atomic E-state index is -0.595. The Hall–Kier alpha value is -3.09. The first-order valence-corrected chi connectivity index (χ1v) is 10.5. The first-order valence-electron chi connectivity index (χ1n) is 10.5. The van der Waals surface area contributed by atoms with Gasteiger partial charge in [0.1, 0.15) is 11.9 Å². The molecule has 0 fully saturated rings. The molecule has 0 aliphatic rings. The number of hydrogen-bond donors (Lipinski definition) is 1. The molecular weight excluding hydrogens is 399 g/mol. The van der Waals surface area contributed by atoms with Gasteiger partial charge in [0.15, 0.2) is 11.5 Å². The molecule has 0 saturated heterocycles. The second-order valence-electron chi connectivity index (χ2n) is 7.16. The molecular formula is C24H31FN2O4. The maximum Gasteiger partial charge on any atom is 0.242 e. The second kappa shape index (κ2) is 11.9. The number of amides is 2. The molecule has 2 aromatic carbocycles. The molecule has 31 heavy (non-hydrogen) atoms. The second-order valence-corrected chi connectivity index (χ2v) is 7.16. The minimum Gasteiger partial charge on any atom is -0.493 e. The van der Waals surface area contributed by atoms with Gasteiger partial charge in [-0.2, -0.15) is 0 Å². The van der Waals surface area contributed by atoms with Gasteiger partial charge in [-0.3, -0.25) is 9.59 Å². The molecule has 6 nitrogen and oxygen atoms in total. The van der Waals surface area contributed by atoms with Crippen molar-refractivity contribution in [3.8, 4) is 11.5 Å². The Morgan fingerprint density at radius 3 is 2.23 bits per heavy atom. The monoisotopic (exact) mass is 430 g/mol. The fourth-order valence-electron chi connectivity index (χ4n) is 3.43. The number of nitrogens with zero attached hydrogens (tertiary/aromatic N) is 1. The van der Waals surface area contributed by atoms with Crippen molar-refractivity contribution in [3.05, 3.63) is 59.4 Å². The van der Waals surface area contributed by atoms with E-state index in [1.54, 1.807) is 37.3 Å². The zero-order valence-corrected chi connectivity index (χ0v) is 18.6. The molecule has 0 unspecified atom stereocenters.